The summed E-state index contributed by atoms with van der Waals surface area (Å²) in [5.41, 5.74) is 0.629. The van der Waals surface area contributed by atoms with Gasteiger partial charge in [-0.15, -0.1) is 0 Å². The van der Waals surface area contributed by atoms with Crippen molar-refractivity contribution >= 4 is 0 Å². The molecule has 0 aromatic heterocycles. The molecule has 2 rings (SSSR count). The van der Waals surface area contributed by atoms with Gasteiger partial charge in [0.15, 0.2) is 0 Å². The Kier molecular flexibility index (Phi) is 4.88. The molecule has 0 saturated carbocycles. The first-order valence-electron chi connectivity index (χ1n) is 6.92. The summed E-state index contributed by atoms with van der Waals surface area (Å²) in [6.07, 6.45) is 1.94. The number of benzene rings is 1. The molecule has 1 heterocycles. The number of halogens is 2. The van der Waals surface area contributed by atoms with Crippen LogP contribution in [-0.4, -0.2) is 19.3 Å². The maximum absolute atomic E-state index is 13.4. The molecular formula is C15H21F2NO. The minimum Gasteiger partial charge on any atom is -0.376 e. The molecule has 1 aromatic carbocycles. The highest BCUT2D eigenvalue weighted by Crippen LogP contribution is 2.32. The third-order valence-corrected chi connectivity index (χ3v) is 3.63. The zero-order chi connectivity index (χ0) is 13.8. The summed E-state index contributed by atoms with van der Waals surface area (Å²) < 4.78 is 32.5. The normalized spacial score (nSPS) is 24.6. The molecule has 4 heteroatoms. The van der Waals surface area contributed by atoms with Crippen LogP contribution in [0.15, 0.2) is 18.2 Å². The van der Waals surface area contributed by atoms with E-state index in [1.807, 2.05) is 0 Å². The Balaban J connectivity index is 2.25. The lowest BCUT2D eigenvalue weighted by Crippen LogP contribution is -2.35. The fourth-order valence-corrected chi connectivity index (χ4v) is 2.62. The molecule has 2 nitrogen and oxygen atoms in total. The standard InChI is InChI=1S/C15H21F2NO/c1-3-5-18-14(15-10(2)4-6-19-15)11-7-12(16)9-13(17)8-11/h7-10,14-15,18H,3-6H2,1-2H3. The molecule has 19 heavy (non-hydrogen) atoms. The Morgan fingerprint density at radius 1 is 1.32 bits per heavy atom. The third-order valence-electron chi connectivity index (χ3n) is 3.63. The molecule has 3 unspecified atom stereocenters. The van der Waals surface area contributed by atoms with Gasteiger partial charge >= 0.3 is 0 Å². The summed E-state index contributed by atoms with van der Waals surface area (Å²) in [7, 11) is 0. The molecule has 0 amide bonds. The third kappa shape index (κ3) is 3.51. The van der Waals surface area contributed by atoms with E-state index in [2.05, 4.69) is 19.2 Å². The van der Waals surface area contributed by atoms with Crippen molar-refractivity contribution in [1.29, 1.82) is 0 Å². The van der Waals surface area contributed by atoms with Gasteiger partial charge in [0.2, 0.25) is 0 Å². The monoisotopic (exact) mass is 269 g/mol. The smallest absolute Gasteiger partial charge is 0.126 e. The van der Waals surface area contributed by atoms with Crippen molar-refractivity contribution in [2.75, 3.05) is 13.2 Å². The zero-order valence-corrected chi connectivity index (χ0v) is 11.5. The molecule has 1 N–H and O–H groups in total. The highest BCUT2D eigenvalue weighted by atomic mass is 19.1. The summed E-state index contributed by atoms with van der Waals surface area (Å²) in [6.45, 7) is 5.70. The van der Waals surface area contributed by atoms with Crippen molar-refractivity contribution in [2.45, 2.75) is 38.8 Å². The lowest BCUT2D eigenvalue weighted by Gasteiger charge is -2.27. The molecule has 1 aromatic rings. The Morgan fingerprint density at radius 2 is 2.00 bits per heavy atom. The van der Waals surface area contributed by atoms with Crippen LogP contribution >= 0.6 is 0 Å². The molecule has 0 spiro atoms. The van der Waals surface area contributed by atoms with E-state index < -0.39 is 11.6 Å². The second kappa shape index (κ2) is 6.44. The summed E-state index contributed by atoms with van der Waals surface area (Å²) in [5, 5.41) is 3.35. The first kappa shape index (κ1) is 14.4. The maximum Gasteiger partial charge on any atom is 0.126 e. The maximum atomic E-state index is 13.4. The summed E-state index contributed by atoms with van der Waals surface area (Å²) >= 11 is 0. The predicted molar refractivity (Wildman–Crippen MR) is 70.9 cm³/mol. The minimum atomic E-state index is -0.538. The molecule has 1 fully saturated rings. The van der Waals surface area contributed by atoms with Gasteiger partial charge in [0.05, 0.1) is 12.1 Å². The molecular weight excluding hydrogens is 248 g/mol. The van der Waals surface area contributed by atoms with Crippen molar-refractivity contribution in [3.63, 3.8) is 0 Å². The molecule has 1 saturated heterocycles. The molecule has 0 aliphatic carbocycles. The Bertz CT molecular complexity index is 404. The highest BCUT2D eigenvalue weighted by Gasteiger charge is 2.33. The topological polar surface area (TPSA) is 21.3 Å². The van der Waals surface area contributed by atoms with Crippen LogP contribution in [0.4, 0.5) is 8.78 Å². The van der Waals surface area contributed by atoms with Gasteiger partial charge in [0.25, 0.3) is 0 Å². The predicted octanol–water partition coefficient (Wildman–Crippen LogP) is 3.43. The van der Waals surface area contributed by atoms with Gasteiger partial charge in [0, 0.05) is 12.7 Å². The zero-order valence-electron chi connectivity index (χ0n) is 11.5. The average Bonchev–Trinajstić information content (AvgIpc) is 2.75. The Morgan fingerprint density at radius 3 is 2.53 bits per heavy atom. The number of rotatable bonds is 5. The van der Waals surface area contributed by atoms with Crippen LogP contribution in [0.2, 0.25) is 0 Å². The second-order valence-electron chi connectivity index (χ2n) is 5.24. The van der Waals surface area contributed by atoms with E-state index in [1.165, 1.54) is 12.1 Å². The largest absolute Gasteiger partial charge is 0.376 e. The summed E-state index contributed by atoms with van der Waals surface area (Å²) in [5.74, 6) is -0.686. The first-order chi connectivity index (χ1) is 9.11. The van der Waals surface area contributed by atoms with Crippen LogP contribution in [0, 0.1) is 17.6 Å². The highest BCUT2D eigenvalue weighted by molar-refractivity contribution is 5.23. The fraction of sp³-hybridized carbons (Fsp3) is 0.600. The lowest BCUT2D eigenvalue weighted by molar-refractivity contribution is 0.0605. The molecule has 3 atom stereocenters. The SMILES string of the molecule is CCCNC(c1cc(F)cc(F)c1)C1OCCC1C. The molecule has 106 valence electrons. The van der Waals surface area contributed by atoms with Gasteiger partial charge in [-0.1, -0.05) is 13.8 Å². The number of hydrogen-bond donors (Lipinski definition) is 1. The number of ether oxygens (including phenoxy) is 1. The van der Waals surface area contributed by atoms with E-state index in [0.717, 1.165) is 25.5 Å². The van der Waals surface area contributed by atoms with Crippen LogP contribution in [-0.2, 0) is 4.74 Å². The van der Waals surface area contributed by atoms with Crippen molar-refractivity contribution in [3.8, 4) is 0 Å². The van der Waals surface area contributed by atoms with Crippen LogP contribution in [0.25, 0.3) is 0 Å². The number of hydrogen-bond acceptors (Lipinski definition) is 2. The van der Waals surface area contributed by atoms with Crippen molar-refractivity contribution in [1.82, 2.24) is 5.32 Å². The lowest BCUT2D eigenvalue weighted by atomic mass is 9.92. The van der Waals surface area contributed by atoms with Gasteiger partial charge in [-0.25, -0.2) is 8.78 Å². The minimum absolute atomic E-state index is 0.0206. The van der Waals surface area contributed by atoms with Crippen LogP contribution in [0.1, 0.15) is 38.3 Å². The summed E-state index contributed by atoms with van der Waals surface area (Å²) in [4.78, 5) is 0. The van der Waals surface area contributed by atoms with E-state index in [-0.39, 0.29) is 12.1 Å². The van der Waals surface area contributed by atoms with Crippen molar-refractivity contribution < 1.29 is 13.5 Å². The van der Waals surface area contributed by atoms with Gasteiger partial charge in [0.1, 0.15) is 11.6 Å². The van der Waals surface area contributed by atoms with E-state index in [0.29, 0.717) is 18.1 Å². The number of nitrogens with one attached hydrogen (secondary N) is 1. The van der Waals surface area contributed by atoms with Gasteiger partial charge in [-0.2, -0.15) is 0 Å². The van der Waals surface area contributed by atoms with E-state index >= 15 is 0 Å². The molecule has 1 aliphatic rings. The second-order valence-corrected chi connectivity index (χ2v) is 5.24. The Hall–Kier alpha value is -1.00. The molecule has 0 bridgehead atoms. The van der Waals surface area contributed by atoms with Crippen molar-refractivity contribution in [2.24, 2.45) is 5.92 Å². The van der Waals surface area contributed by atoms with Crippen molar-refractivity contribution in [3.05, 3.63) is 35.4 Å². The van der Waals surface area contributed by atoms with E-state index in [1.54, 1.807) is 0 Å². The van der Waals surface area contributed by atoms with E-state index in [9.17, 15) is 8.78 Å². The quantitative estimate of drug-likeness (QED) is 0.884. The first-order valence-corrected chi connectivity index (χ1v) is 6.92. The van der Waals surface area contributed by atoms with Crippen LogP contribution in [0.5, 0.6) is 0 Å². The average molecular weight is 269 g/mol. The van der Waals surface area contributed by atoms with E-state index in [4.69, 9.17) is 4.74 Å². The summed E-state index contributed by atoms with van der Waals surface area (Å²) in [6, 6.07) is 3.54. The van der Waals surface area contributed by atoms with Gasteiger partial charge in [-0.05, 0) is 43.0 Å². The van der Waals surface area contributed by atoms with Crippen LogP contribution in [0.3, 0.4) is 0 Å². The van der Waals surface area contributed by atoms with Gasteiger partial charge in [-0.3, -0.25) is 0 Å². The molecule has 1 aliphatic heterocycles. The Labute approximate surface area is 113 Å². The molecule has 0 radical (unpaired) electrons. The van der Waals surface area contributed by atoms with Gasteiger partial charge < -0.3 is 10.1 Å². The fourth-order valence-electron chi connectivity index (χ4n) is 2.62. The van der Waals surface area contributed by atoms with Crippen LogP contribution < -0.4 is 5.32 Å².